The molecule has 2 unspecified atom stereocenters. The van der Waals surface area contributed by atoms with Crippen LogP contribution in [0.3, 0.4) is 0 Å². The molecule has 4 N–H and O–H groups in total. The van der Waals surface area contributed by atoms with Gasteiger partial charge in [0.05, 0.1) is 23.5 Å². The van der Waals surface area contributed by atoms with Crippen LogP contribution in [-0.4, -0.2) is 34.0 Å². The number of fused-ring (bicyclic) bond motifs is 1. The number of nitrogens with two attached hydrogens (primary N) is 1. The summed E-state index contributed by atoms with van der Waals surface area (Å²) in [6.45, 7) is 2.17. The van der Waals surface area contributed by atoms with E-state index in [0.29, 0.717) is 6.54 Å². The van der Waals surface area contributed by atoms with Gasteiger partial charge in [0.1, 0.15) is 0 Å². The number of hydrogen-bond acceptors (Lipinski definition) is 5. The minimum atomic E-state index is -0.538. The Morgan fingerprint density at radius 2 is 2.18 bits per heavy atom. The maximum absolute atomic E-state index is 9.32. The molecule has 0 radical (unpaired) electrons. The zero-order valence-electron chi connectivity index (χ0n) is 9.67. The van der Waals surface area contributed by atoms with Gasteiger partial charge in [-0.25, -0.2) is 0 Å². The molecule has 17 heavy (non-hydrogen) atoms. The molecular weight excluding hydrogens is 216 g/mol. The fraction of sp³-hybridized carbons (Fsp3) is 0.333. The van der Waals surface area contributed by atoms with Crippen LogP contribution < -0.4 is 11.1 Å². The van der Waals surface area contributed by atoms with Crippen LogP contribution in [0.15, 0.2) is 30.5 Å². The molecule has 0 spiro atoms. The molecule has 1 aromatic heterocycles. The molecule has 0 saturated heterocycles. The second-order valence-electron chi connectivity index (χ2n) is 4.06. The van der Waals surface area contributed by atoms with E-state index >= 15 is 0 Å². The van der Waals surface area contributed by atoms with Crippen molar-refractivity contribution in [2.45, 2.75) is 19.1 Å². The largest absolute Gasteiger partial charge is 0.392 e. The van der Waals surface area contributed by atoms with E-state index in [2.05, 4.69) is 15.5 Å². The van der Waals surface area contributed by atoms with Gasteiger partial charge in [0, 0.05) is 18.0 Å². The van der Waals surface area contributed by atoms with Crippen LogP contribution in [0, 0.1) is 0 Å². The van der Waals surface area contributed by atoms with E-state index in [-0.39, 0.29) is 6.04 Å². The van der Waals surface area contributed by atoms with Crippen LogP contribution in [-0.2, 0) is 0 Å². The first-order valence-corrected chi connectivity index (χ1v) is 5.56. The van der Waals surface area contributed by atoms with Gasteiger partial charge < -0.3 is 16.2 Å². The van der Waals surface area contributed by atoms with E-state index < -0.39 is 6.10 Å². The van der Waals surface area contributed by atoms with Crippen molar-refractivity contribution in [1.29, 1.82) is 0 Å². The van der Waals surface area contributed by atoms with Crippen LogP contribution in [0.25, 0.3) is 10.9 Å². The molecule has 2 atom stereocenters. The van der Waals surface area contributed by atoms with Gasteiger partial charge in [-0.05, 0) is 13.0 Å². The molecule has 0 fully saturated rings. The normalized spacial score (nSPS) is 14.5. The zero-order valence-corrected chi connectivity index (χ0v) is 9.67. The zero-order chi connectivity index (χ0) is 12.3. The van der Waals surface area contributed by atoms with Crippen molar-refractivity contribution >= 4 is 16.6 Å². The molecule has 0 aliphatic carbocycles. The summed E-state index contributed by atoms with van der Waals surface area (Å²) in [6.07, 6.45) is 1.13. The summed E-state index contributed by atoms with van der Waals surface area (Å²) in [7, 11) is 0. The second-order valence-corrected chi connectivity index (χ2v) is 4.06. The minimum absolute atomic E-state index is 0.304. The molecule has 5 nitrogen and oxygen atoms in total. The van der Waals surface area contributed by atoms with Crippen molar-refractivity contribution in [3.8, 4) is 0 Å². The van der Waals surface area contributed by atoms with Crippen molar-refractivity contribution < 1.29 is 5.11 Å². The Morgan fingerprint density at radius 1 is 1.41 bits per heavy atom. The van der Waals surface area contributed by atoms with Gasteiger partial charge in [-0.15, -0.1) is 0 Å². The fourth-order valence-corrected chi connectivity index (χ4v) is 1.55. The number of nitrogens with zero attached hydrogens (tertiary/aromatic N) is 2. The number of benzene rings is 1. The molecule has 90 valence electrons. The SMILES string of the molecule is CC(O)C(N)CNc1cnnc2ccccc12. The third-order valence-electron chi connectivity index (χ3n) is 2.69. The molecule has 0 saturated carbocycles. The highest BCUT2D eigenvalue weighted by atomic mass is 16.3. The minimum Gasteiger partial charge on any atom is -0.392 e. The summed E-state index contributed by atoms with van der Waals surface area (Å²) >= 11 is 0. The standard InChI is InChI=1S/C12H16N4O/c1-8(17)10(13)6-14-12-7-15-16-11-5-3-2-4-9(11)12/h2-5,7-8,10,17H,6,13H2,1H3,(H,14,16). The first kappa shape index (κ1) is 11.8. The van der Waals surface area contributed by atoms with Crippen LogP contribution in [0.2, 0.25) is 0 Å². The van der Waals surface area contributed by atoms with Gasteiger partial charge in [-0.3, -0.25) is 0 Å². The maximum Gasteiger partial charge on any atom is 0.0950 e. The monoisotopic (exact) mass is 232 g/mol. The summed E-state index contributed by atoms with van der Waals surface area (Å²) in [6, 6.07) is 7.44. The van der Waals surface area contributed by atoms with E-state index in [1.165, 1.54) is 0 Å². The summed E-state index contributed by atoms with van der Waals surface area (Å²) in [5, 5.41) is 21.5. The van der Waals surface area contributed by atoms with Crippen molar-refractivity contribution in [2.24, 2.45) is 5.73 Å². The fourth-order valence-electron chi connectivity index (χ4n) is 1.55. The van der Waals surface area contributed by atoms with Gasteiger partial charge in [0.25, 0.3) is 0 Å². The van der Waals surface area contributed by atoms with E-state index in [9.17, 15) is 5.11 Å². The van der Waals surface area contributed by atoms with Crippen molar-refractivity contribution in [3.63, 3.8) is 0 Å². The summed E-state index contributed by atoms with van der Waals surface area (Å²) in [5.41, 5.74) is 7.48. The highest BCUT2D eigenvalue weighted by Crippen LogP contribution is 2.19. The van der Waals surface area contributed by atoms with Gasteiger partial charge >= 0.3 is 0 Å². The highest BCUT2D eigenvalue weighted by Gasteiger charge is 2.09. The number of nitrogens with one attached hydrogen (secondary N) is 1. The molecule has 0 aliphatic heterocycles. The molecule has 5 heteroatoms. The Bertz CT molecular complexity index is 495. The summed E-state index contributed by atoms with van der Waals surface area (Å²) in [5.74, 6) is 0. The van der Waals surface area contributed by atoms with E-state index in [4.69, 9.17) is 5.73 Å². The van der Waals surface area contributed by atoms with Gasteiger partial charge in [-0.2, -0.15) is 10.2 Å². The molecular formula is C12H16N4O. The predicted molar refractivity (Wildman–Crippen MR) is 67.7 cm³/mol. The van der Waals surface area contributed by atoms with Crippen molar-refractivity contribution in [1.82, 2.24) is 10.2 Å². The van der Waals surface area contributed by atoms with Crippen LogP contribution in [0.4, 0.5) is 5.69 Å². The van der Waals surface area contributed by atoms with Crippen molar-refractivity contribution in [2.75, 3.05) is 11.9 Å². The Labute approximate surface area is 99.7 Å². The number of aliphatic hydroxyl groups excluding tert-OH is 1. The first-order chi connectivity index (χ1) is 8.18. The number of rotatable bonds is 4. The maximum atomic E-state index is 9.32. The van der Waals surface area contributed by atoms with Gasteiger partial charge in [0.2, 0.25) is 0 Å². The van der Waals surface area contributed by atoms with Crippen LogP contribution >= 0.6 is 0 Å². The lowest BCUT2D eigenvalue weighted by atomic mass is 10.1. The lowest BCUT2D eigenvalue weighted by Gasteiger charge is -2.16. The van der Waals surface area contributed by atoms with Crippen LogP contribution in [0.1, 0.15) is 6.92 Å². The first-order valence-electron chi connectivity index (χ1n) is 5.56. The molecule has 0 amide bonds. The molecule has 0 bridgehead atoms. The topological polar surface area (TPSA) is 84.1 Å². The molecule has 1 aromatic carbocycles. The number of aliphatic hydroxyl groups is 1. The Balaban J connectivity index is 2.19. The number of aromatic nitrogens is 2. The molecule has 0 aliphatic rings. The van der Waals surface area contributed by atoms with Crippen molar-refractivity contribution in [3.05, 3.63) is 30.5 Å². The van der Waals surface area contributed by atoms with E-state index in [1.807, 2.05) is 24.3 Å². The third-order valence-corrected chi connectivity index (χ3v) is 2.69. The van der Waals surface area contributed by atoms with Gasteiger partial charge in [-0.1, -0.05) is 18.2 Å². The Kier molecular flexibility index (Phi) is 3.51. The molecule has 1 heterocycles. The summed E-state index contributed by atoms with van der Waals surface area (Å²) < 4.78 is 0. The summed E-state index contributed by atoms with van der Waals surface area (Å²) in [4.78, 5) is 0. The number of hydrogen-bond donors (Lipinski definition) is 3. The smallest absolute Gasteiger partial charge is 0.0950 e. The lowest BCUT2D eigenvalue weighted by molar-refractivity contribution is 0.168. The molecule has 2 rings (SSSR count). The van der Waals surface area contributed by atoms with E-state index in [1.54, 1.807) is 13.1 Å². The average molecular weight is 232 g/mol. The number of anilines is 1. The second kappa shape index (κ2) is 5.07. The molecule has 2 aromatic rings. The predicted octanol–water partition coefficient (Wildman–Crippen LogP) is 0.750. The quantitative estimate of drug-likeness (QED) is 0.724. The van der Waals surface area contributed by atoms with E-state index in [0.717, 1.165) is 16.6 Å². The third kappa shape index (κ3) is 2.69. The van der Waals surface area contributed by atoms with Crippen LogP contribution in [0.5, 0.6) is 0 Å². The lowest BCUT2D eigenvalue weighted by Crippen LogP contribution is -2.38. The highest BCUT2D eigenvalue weighted by molar-refractivity contribution is 5.90. The average Bonchev–Trinajstić information content (AvgIpc) is 2.35. The Hall–Kier alpha value is -1.72. The Morgan fingerprint density at radius 3 is 2.94 bits per heavy atom. The van der Waals surface area contributed by atoms with Gasteiger partial charge in [0.15, 0.2) is 0 Å².